The summed E-state index contributed by atoms with van der Waals surface area (Å²) in [6.45, 7) is 3.95. The summed E-state index contributed by atoms with van der Waals surface area (Å²) in [4.78, 5) is 14.7. The molecule has 0 aromatic heterocycles. The molecule has 0 bridgehead atoms. The summed E-state index contributed by atoms with van der Waals surface area (Å²) in [5.74, 6) is -0.355. The zero-order chi connectivity index (χ0) is 20.9. The third-order valence-electron chi connectivity index (χ3n) is 5.24. The third-order valence-corrected chi connectivity index (χ3v) is 7.13. The average Bonchev–Trinajstić information content (AvgIpc) is 2.76. The number of piperazine rings is 1. The first-order chi connectivity index (χ1) is 14.0. The Morgan fingerprint density at radius 3 is 2.38 bits per heavy atom. The fourth-order valence-corrected chi connectivity index (χ4v) is 4.95. The molecule has 0 saturated carbocycles. The molecular formula is C21H27N3O4S. The highest BCUT2D eigenvalue weighted by molar-refractivity contribution is 7.89. The number of aliphatic hydroxyl groups excluding tert-OH is 1. The Bertz CT molecular complexity index is 922. The summed E-state index contributed by atoms with van der Waals surface area (Å²) in [6, 6.07) is 15.2. The number of para-hydroxylation sites is 1. The number of carbonyl (C=O) groups excluding carboxylic acids is 1. The molecular weight excluding hydrogens is 390 g/mol. The molecule has 1 atom stereocenters. The summed E-state index contributed by atoms with van der Waals surface area (Å²) in [5, 5.41) is 12.2. The number of hydrogen-bond donors (Lipinski definition) is 2. The second-order valence-corrected chi connectivity index (χ2v) is 8.97. The van der Waals surface area contributed by atoms with Gasteiger partial charge >= 0.3 is 0 Å². The zero-order valence-electron chi connectivity index (χ0n) is 16.5. The summed E-state index contributed by atoms with van der Waals surface area (Å²) in [7, 11) is -3.69. The first-order valence-electron chi connectivity index (χ1n) is 9.77. The van der Waals surface area contributed by atoms with E-state index in [9.17, 15) is 18.3 Å². The summed E-state index contributed by atoms with van der Waals surface area (Å²) < 4.78 is 27.6. The quantitative estimate of drug-likeness (QED) is 0.719. The van der Waals surface area contributed by atoms with Crippen molar-refractivity contribution >= 4 is 21.6 Å². The van der Waals surface area contributed by atoms with Crippen LogP contribution in [0.1, 0.15) is 23.7 Å². The highest BCUT2D eigenvalue weighted by atomic mass is 32.2. The Morgan fingerprint density at radius 1 is 1.07 bits per heavy atom. The number of carbonyl (C=O) groups is 1. The van der Waals surface area contributed by atoms with Gasteiger partial charge in [-0.25, -0.2) is 8.42 Å². The monoisotopic (exact) mass is 417 g/mol. The van der Waals surface area contributed by atoms with Gasteiger partial charge in [-0.15, -0.1) is 0 Å². The van der Waals surface area contributed by atoms with Crippen LogP contribution in [0.4, 0.5) is 5.69 Å². The minimum Gasteiger partial charge on any atom is -0.395 e. The average molecular weight is 418 g/mol. The molecule has 0 radical (unpaired) electrons. The zero-order valence-corrected chi connectivity index (χ0v) is 17.3. The molecule has 1 saturated heterocycles. The lowest BCUT2D eigenvalue weighted by atomic mass is 10.2. The lowest BCUT2D eigenvalue weighted by molar-refractivity contribution is 0.0881. The molecule has 0 aliphatic carbocycles. The first-order valence-corrected chi connectivity index (χ1v) is 11.2. The van der Waals surface area contributed by atoms with Gasteiger partial charge in [-0.2, -0.15) is 4.31 Å². The molecule has 1 amide bonds. The van der Waals surface area contributed by atoms with Crippen LogP contribution in [0.25, 0.3) is 0 Å². The molecule has 1 aliphatic heterocycles. The van der Waals surface area contributed by atoms with E-state index in [1.165, 1.54) is 16.4 Å². The number of hydrogen-bond acceptors (Lipinski definition) is 5. The number of nitrogens with zero attached hydrogens (tertiary/aromatic N) is 2. The van der Waals surface area contributed by atoms with Crippen molar-refractivity contribution in [2.24, 2.45) is 0 Å². The van der Waals surface area contributed by atoms with E-state index in [1.807, 2.05) is 25.1 Å². The fraction of sp³-hybridized carbons (Fsp3) is 0.381. The second kappa shape index (κ2) is 9.49. The Balaban J connectivity index is 1.71. The van der Waals surface area contributed by atoms with Gasteiger partial charge in [0.2, 0.25) is 10.0 Å². The van der Waals surface area contributed by atoms with Crippen molar-refractivity contribution in [2.75, 3.05) is 38.1 Å². The maximum atomic E-state index is 13.1. The fourth-order valence-electron chi connectivity index (χ4n) is 3.48. The minimum absolute atomic E-state index is 0.0601. The SMILES string of the molecule is CCC(CO)N1CCN(S(=O)(=O)c2cccc(C(=O)Nc3ccccc3)c2)CC1. The molecule has 29 heavy (non-hydrogen) atoms. The van der Waals surface area contributed by atoms with Crippen LogP contribution in [0.3, 0.4) is 0 Å². The summed E-state index contributed by atoms with van der Waals surface area (Å²) in [5.41, 5.74) is 0.941. The van der Waals surface area contributed by atoms with E-state index in [0.29, 0.717) is 37.4 Å². The minimum atomic E-state index is -3.69. The Hall–Kier alpha value is -2.26. The Morgan fingerprint density at radius 2 is 1.76 bits per heavy atom. The third kappa shape index (κ3) is 5.02. The van der Waals surface area contributed by atoms with Crippen LogP contribution >= 0.6 is 0 Å². The highest BCUT2D eigenvalue weighted by Gasteiger charge is 2.30. The number of anilines is 1. The molecule has 1 unspecified atom stereocenters. The summed E-state index contributed by atoms with van der Waals surface area (Å²) in [6.07, 6.45) is 0.821. The molecule has 1 fully saturated rings. The molecule has 2 N–H and O–H groups in total. The van der Waals surface area contributed by atoms with Gasteiger partial charge in [-0.3, -0.25) is 9.69 Å². The largest absolute Gasteiger partial charge is 0.395 e. The normalized spacial score (nSPS) is 17.0. The Kier molecular flexibility index (Phi) is 7.02. The molecule has 1 heterocycles. The van der Waals surface area contributed by atoms with E-state index in [2.05, 4.69) is 10.2 Å². The lowest BCUT2D eigenvalue weighted by Gasteiger charge is -2.37. The topological polar surface area (TPSA) is 90.0 Å². The molecule has 7 nitrogen and oxygen atoms in total. The molecule has 2 aromatic carbocycles. The molecule has 2 aromatic rings. The van der Waals surface area contributed by atoms with Crippen molar-refractivity contribution in [2.45, 2.75) is 24.3 Å². The number of aliphatic hydroxyl groups is 1. The van der Waals surface area contributed by atoms with Gasteiger partial charge in [0.05, 0.1) is 11.5 Å². The van der Waals surface area contributed by atoms with Crippen LogP contribution in [0.2, 0.25) is 0 Å². The predicted molar refractivity (Wildman–Crippen MR) is 112 cm³/mol. The molecule has 3 rings (SSSR count). The van der Waals surface area contributed by atoms with Crippen LogP contribution < -0.4 is 5.32 Å². The van der Waals surface area contributed by atoms with Crippen LogP contribution in [0.5, 0.6) is 0 Å². The number of amides is 1. The van der Waals surface area contributed by atoms with Crippen LogP contribution in [-0.2, 0) is 10.0 Å². The molecule has 0 spiro atoms. The van der Waals surface area contributed by atoms with Crippen molar-refractivity contribution in [1.29, 1.82) is 0 Å². The number of rotatable bonds is 7. The van der Waals surface area contributed by atoms with Crippen molar-refractivity contribution in [3.05, 3.63) is 60.2 Å². The second-order valence-electron chi connectivity index (χ2n) is 7.03. The molecule has 1 aliphatic rings. The smallest absolute Gasteiger partial charge is 0.255 e. The van der Waals surface area contributed by atoms with Gasteiger partial charge in [-0.05, 0) is 36.8 Å². The molecule has 156 valence electrons. The van der Waals surface area contributed by atoms with Crippen LogP contribution in [0.15, 0.2) is 59.5 Å². The van der Waals surface area contributed by atoms with Gasteiger partial charge in [-0.1, -0.05) is 31.2 Å². The van der Waals surface area contributed by atoms with Crippen molar-refractivity contribution in [3.8, 4) is 0 Å². The van der Waals surface area contributed by atoms with Gasteiger partial charge in [0.15, 0.2) is 0 Å². The van der Waals surface area contributed by atoms with Gasteiger partial charge < -0.3 is 10.4 Å². The number of sulfonamides is 1. The maximum absolute atomic E-state index is 13.1. The first kappa shape index (κ1) is 21.4. The van der Waals surface area contributed by atoms with Gasteiger partial charge in [0, 0.05) is 43.5 Å². The van der Waals surface area contributed by atoms with Gasteiger partial charge in [0.1, 0.15) is 0 Å². The van der Waals surface area contributed by atoms with Crippen LogP contribution in [-0.4, -0.2) is 67.5 Å². The standard InChI is InChI=1S/C21H27N3O4S/c1-2-19(16-25)23-11-13-24(14-12-23)29(27,28)20-10-6-7-17(15-20)21(26)22-18-8-4-3-5-9-18/h3-10,15,19,25H,2,11-14,16H2,1H3,(H,22,26). The van der Waals surface area contributed by atoms with E-state index in [1.54, 1.807) is 24.3 Å². The predicted octanol–water partition coefficient (Wildman–Crippen LogP) is 2.02. The van der Waals surface area contributed by atoms with Crippen molar-refractivity contribution < 1.29 is 18.3 Å². The number of benzene rings is 2. The van der Waals surface area contributed by atoms with E-state index >= 15 is 0 Å². The van der Waals surface area contributed by atoms with E-state index in [4.69, 9.17) is 0 Å². The van der Waals surface area contributed by atoms with E-state index < -0.39 is 10.0 Å². The summed E-state index contributed by atoms with van der Waals surface area (Å²) >= 11 is 0. The maximum Gasteiger partial charge on any atom is 0.255 e. The Labute approximate surface area is 172 Å². The van der Waals surface area contributed by atoms with Crippen molar-refractivity contribution in [1.82, 2.24) is 9.21 Å². The van der Waals surface area contributed by atoms with E-state index in [0.717, 1.165) is 6.42 Å². The molecule has 8 heteroatoms. The lowest BCUT2D eigenvalue weighted by Crippen LogP contribution is -2.52. The van der Waals surface area contributed by atoms with Crippen molar-refractivity contribution in [3.63, 3.8) is 0 Å². The van der Waals surface area contributed by atoms with E-state index in [-0.39, 0.29) is 23.5 Å². The highest BCUT2D eigenvalue weighted by Crippen LogP contribution is 2.20. The van der Waals surface area contributed by atoms with Gasteiger partial charge in [0.25, 0.3) is 5.91 Å². The van der Waals surface area contributed by atoms with Crippen LogP contribution in [0, 0.1) is 0 Å². The number of nitrogens with one attached hydrogen (secondary N) is 1.